The molecular weight excluding hydrogens is 352 g/mol. The number of sulfonamides is 1. The van der Waals surface area contributed by atoms with E-state index in [4.69, 9.17) is 21.1 Å². The van der Waals surface area contributed by atoms with E-state index in [1.807, 2.05) is 6.92 Å². The van der Waals surface area contributed by atoms with Gasteiger partial charge < -0.3 is 9.47 Å². The minimum atomic E-state index is -4.10. The molecular formula is C14H18ClF2NO4S. The number of alkyl halides is 2. The zero-order chi connectivity index (χ0) is 17.2. The van der Waals surface area contributed by atoms with E-state index < -0.39 is 23.0 Å². The van der Waals surface area contributed by atoms with Gasteiger partial charge in [0, 0.05) is 25.6 Å². The quantitative estimate of drug-likeness (QED) is 0.741. The summed E-state index contributed by atoms with van der Waals surface area (Å²) in [6.07, 6.45) is -2.37. The summed E-state index contributed by atoms with van der Waals surface area (Å²) >= 11 is 6.08. The molecule has 0 amide bonds. The van der Waals surface area contributed by atoms with Gasteiger partial charge in [0.15, 0.2) is 0 Å². The van der Waals surface area contributed by atoms with Gasteiger partial charge in [-0.15, -0.1) is 0 Å². The SMILES string of the molecule is COCCN(CC(F)F)S(=O)(=O)c1cc(Cl)c2c(c1)CC(C)O2. The highest BCUT2D eigenvalue weighted by atomic mass is 35.5. The number of ether oxygens (including phenoxy) is 2. The Kier molecular flexibility index (Phi) is 5.83. The van der Waals surface area contributed by atoms with Crippen molar-refractivity contribution in [2.75, 3.05) is 26.8 Å². The zero-order valence-corrected chi connectivity index (χ0v) is 14.3. The third-order valence-corrected chi connectivity index (χ3v) is 5.57. The Morgan fingerprint density at radius 2 is 2.17 bits per heavy atom. The molecule has 0 bridgehead atoms. The number of methoxy groups -OCH3 is 1. The van der Waals surface area contributed by atoms with Gasteiger partial charge >= 0.3 is 0 Å². The molecule has 1 aliphatic heterocycles. The highest BCUT2D eigenvalue weighted by Crippen LogP contribution is 2.38. The van der Waals surface area contributed by atoms with Crippen molar-refractivity contribution in [3.8, 4) is 5.75 Å². The Balaban J connectivity index is 2.37. The maximum Gasteiger partial charge on any atom is 0.252 e. The fourth-order valence-electron chi connectivity index (χ4n) is 2.41. The smallest absolute Gasteiger partial charge is 0.252 e. The van der Waals surface area contributed by atoms with Crippen LogP contribution in [-0.4, -0.2) is 52.1 Å². The van der Waals surface area contributed by atoms with Gasteiger partial charge in [0.05, 0.1) is 23.1 Å². The summed E-state index contributed by atoms with van der Waals surface area (Å²) in [5.41, 5.74) is 0.660. The highest BCUT2D eigenvalue weighted by Gasteiger charge is 2.30. The van der Waals surface area contributed by atoms with Gasteiger partial charge in [-0.25, -0.2) is 17.2 Å². The minimum absolute atomic E-state index is 0.0186. The second-order valence-electron chi connectivity index (χ2n) is 5.27. The van der Waals surface area contributed by atoms with E-state index in [9.17, 15) is 17.2 Å². The van der Waals surface area contributed by atoms with Crippen molar-refractivity contribution in [1.82, 2.24) is 4.31 Å². The van der Waals surface area contributed by atoms with Gasteiger partial charge in [-0.2, -0.15) is 4.31 Å². The molecule has 0 saturated heterocycles. The molecule has 5 nitrogen and oxygen atoms in total. The van der Waals surface area contributed by atoms with Crippen molar-refractivity contribution < 1.29 is 26.7 Å². The summed E-state index contributed by atoms with van der Waals surface area (Å²) in [6.45, 7) is 0.801. The Bertz CT molecular complexity index is 669. The number of benzene rings is 1. The Labute approximate surface area is 139 Å². The van der Waals surface area contributed by atoms with Crippen molar-refractivity contribution in [2.24, 2.45) is 0 Å². The Morgan fingerprint density at radius 1 is 1.48 bits per heavy atom. The van der Waals surface area contributed by atoms with Crippen molar-refractivity contribution in [2.45, 2.75) is 30.8 Å². The van der Waals surface area contributed by atoms with Crippen LogP contribution in [0.2, 0.25) is 5.02 Å². The van der Waals surface area contributed by atoms with Gasteiger partial charge in [-0.3, -0.25) is 0 Å². The molecule has 0 aliphatic carbocycles. The minimum Gasteiger partial charge on any atom is -0.489 e. The molecule has 1 heterocycles. The maximum atomic E-state index is 12.7. The first-order chi connectivity index (χ1) is 10.8. The summed E-state index contributed by atoms with van der Waals surface area (Å²) in [7, 11) is -2.72. The molecule has 0 fully saturated rings. The van der Waals surface area contributed by atoms with Gasteiger partial charge in [0.2, 0.25) is 10.0 Å². The number of rotatable bonds is 7. The number of nitrogens with zero attached hydrogens (tertiary/aromatic N) is 1. The summed E-state index contributed by atoms with van der Waals surface area (Å²) < 4.78 is 61.7. The fraction of sp³-hybridized carbons (Fsp3) is 0.571. The molecule has 1 aromatic rings. The van der Waals surface area contributed by atoms with Crippen LogP contribution in [0.25, 0.3) is 0 Å². The van der Waals surface area contributed by atoms with E-state index >= 15 is 0 Å². The molecule has 2 rings (SSSR count). The second kappa shape index (κ2) is 7.29. The van der Waals surface area contributed by atoms with Gasteiger partial charge in [0.25, 0.3) is 6.43 Å². The lowest BCUT2D eigenvalue weighted by atomic mass is 10.1. The van der Waals surface area contributed by atoms with Gasteiger partial charge in [0.1, 0.15) is 11.9 Å². The lowest BCUT2D eigenvalue weighted by Gasteiger charge is -2.22. The third-order valence-electron chi connectivity index (χ3n) is 3.44. The average molecular weight is 370 g/mol. The van der Waals surface area contributed by atoms with E-state index in [1.54, 1.807) is 0 Å². The van der Waals surface area contributed by atoms with Crippen LogP contribution in [0.15, 0.2) is 17.0 Å². The predicted molar refractivity (Wildman–Crippen MR) is 81.9 cm³/mol. The number of hydrogen-bond donors (Lipinski definition) is 0. The van der Waals surface area contributed by atoms with Crippen molar-refractivity contribution in [3.05, 3.63) is 22.7 Å². The standard InChI is InChI=1S/C14H18ClF2NO4S/c1-9-5-10-6-11(7-12(15)14(10)22-9)23(19,20)18(3-4-21-2)8-13(16)17/h6-7,9,13H,3-5,8H2,1-2H3. The maximum absolute atomic E-state index is 12.7. The zero-order valence-electron chi connectivity index (χ0n) is 12.8. The van der Waals surface area contributed by atoms with Crippen molar-refractivity contribution in [1.29, 1.82) is 0 Å². The van der Waals surface area contributed by atoms with Crippen molar-refractivity contribution >= 4 is 21.6 Å². The molecule has 1 aromatic carbocycles. The first kappa shape index (κ1) is 18.4. The molecule has 130 valence electrons. The molecule has 1 atom stereocenters. The largest absolute Gasteiger partial charge is 0.489 e. The molecule has 0 radical (unpaired) electrons. The molecule has 0 aromatic heterocycles. The van der Waals surface area contributed by atoms with Crippen LogP contribution in [0.5, 0.6) is 5.75 Å². The Hall–Kier alpha value is -0.960. The average Bonchev–Trinajstić information content (AvgIpc) is 2.84. The molecule has 9 heteroatoms. The van der Waals surface area contributed by atoms with Crippen LogP contribution in [0, 0.1) is 0 Å². The van der Waals surface area contributed by atoms with Crippen LogP contribution in [0.4, 0.5) is 8.78 Å². The van der Waals surface area contributed by atoms with Crippen LogP contribution in [-0.2, 0) is 21.2 Å². The monoisotopic (exact) mass is 369 g/mol. The fourth-order valence-corrected chi connectivity index (χ4v) is 4.24. The summed E-state index contributed by atoms with van der Waals surface area (Å²) in [5, 5.41) is 0.161. The van der Waals surface area contributed by atoms with Crippen LogP contribution >= 0.6 is 11.6 Å². The highest BCUT2D eigenvalue weighted by molar-refractivity contribution is 7.89. The van der Waals surface area contributed by atoms with Crippen LogP contribution in [0.1, 0.15) is 12.5 Å². The predicted octanol–water partition coefficient (Wildman–Crippen LogP) is 2.57. The summed E-state index contributed by atoms with van der Waals surface area (Å²) in [5.74, 6) is 0.454. The number of hydrogen-bond acceptors (Lipinski definition) is 4. The normalized spacial score (nSPS) is 17.6. The lowest BCUT2D eigenvalue weighted by molar-refractivity contribution is 0.106. The number of halogens is 3. The second-order valence-corrected chi connectivity index (χ2v) is 7.62. The molecule has 1 aliphatic rings. The van der Waals surface area contributed by atoms with Crippen LogP contribution in [0.3, 0.4) is 0 Å². The van der Waals surface area contributed by atoms with Crippen LogP contribution < -0.4 is 4.74 Å². The first-order valence-electron chi connectivity index (χ1n) is 7.02. The van der Waals surface area contributed by atoms with E-state index in [-0.39, 0.29) is 29.2 Å². The van der Waals surface area contributed by atoms with E-state index in [0.29, 0.717) is 22.0 Å². The Morgan fingerprint density at radius 3 is 2.78 bits per heavy atom. The van der Waals surface area contributed by atoms with E-state index in [2.05, 4.69) is 0 Å². The van der Waals surface area contributed by atoms with E-state index in [0.717, 1.165) is 0 Å². The van der Waals surface area contributed by atoms with Crippen molar-refractivity contribution in [3.63, 3.8) is 0 Å². The molecule has 0 spiro atoms. The lowest BCUT2D eigenvalue weighted by Crippen LogP contribution is -2.37. The first-order valence-corrected chi connectivity index (χ1v) is 8.83. The topological polar surface area (TPSA) is 55.8 Å². The van der Waals surface area contributed by atoms with Gasteiger partial charge in [-0.05, 0) is 19.1 Å². The molecule has 23 heavy (non-hydrogen) atoms. The van der Waals surface area contributed by atoms with Gasteiger partial charge in [-0.1, -0.05) is 11.6 Å². The summed E-state index contributed by atoms with van der Waals surface area (Å²) in [6, 6.07) is 2.67. The summed E-state index contributed by atoms with van der Waals surface area (Å²) in [4.78, 5) is -0.115. The molecule has 1 unspecified atom stereocenters. The molecule has 0 N–H and O–H groups in total. The molecule has 0 saturated carbocycles. The third kappa shape index (κ3) is 4.12. The number of fused-ring (bicyclic) bond motifs is 1. The van der Waals surface area contributed by atoms with E-state index in [1.165, 1.54) is 19.2 Å².